The van der Waals surface area contributed by atoms with Crippen LogP contribution in [0.25, 0.3) is 0 Å². The molecule has 72 valence electrons. The molecule has 0 unspecified atom stereocenters. The molecule has 0 fully saturated rings. The van der Waals surface area contributed by atoms with Crippen LogP contribution in [0.5, 0.6) is 0 Å². The van der Waals surface area contributed by atoms with Crippen molar-refractivity contribution < 1.29 is 0 Å². The molecule has 1 rings (SSSR count). The maximum absolute atomic E-state index is 5.47. The summed E-state index contributed by atoms with van der Waals surface area (Å²) in [5.41, 5.74) is 7.77. The van der Waals surface area contributed by atoms with E-state index in [2.05, 4.69) is 31.0 Å². The number of nitrogens with two attached hydrogens (primary N) is 1. The van der Waals surface area contributed by atoms with Crippen LogP contribution in [-0.4, -0.2) is 11.5 Å². The van der Waals surface area contributed by atoms with Gasteiger partial charge in [-0.1, -0.05) is 19.9 Å². The predicted octanol–water partition coefficient (Wildman–Crippen LogP) is 1.78. The third-order valence-corrected chi connectivity index (χ3v) is 1.88. The van der Waals surface area contributed by atoms with Crippen molar-refractivity contribution in [3.05, 3.63) is 29.6 Å². The fourth-order valence-corrected chi connectivity index (χ4v) is 1.35. The van der Waals surface area contributed by atoms with Crippen molar-refractivity contribution in [1.82, 2.24) is 4.98 Å². The van der Waals surface area contributed by atoms with E-state index >= 15 is 0 Å². The maximum atomic E-state index is 5.47. The highest BCUT2D eigenvalue weighted by atomic mass is 14.7. The largest absolute Gasteiger partial charge is 0.330 e. The zero-order valence-corrected chi connectivity index (χ0v) is 8.46. The number of hydrogen-bond donors (Lipinski definition) is 1. The third-order valence-electron chi connectivity index (χ3n) is 1.88. The quantitative estimate of drug-likeness (QED) is 0.763. The Labute approximate surface area is 80.2 Å². The fourth-order valence-electron chi connectivity index (χ4n) is 1.35. The monoisotopic (exact) mass is 178 g/mol. The van der Waals surface area contributed by atoms with E-state index in [1.807, 2.05) is 6.07 Å². The number of nitrogens with zero attached hydrogens (tertiary/aromatic N) is 1. The van der Waals surface area contributed by atoms with Crippen molar-refractivity contribution in [1.29, 1.82) is 0 Å². The summed E-state index contributed by atoms with van der Waals surface area (Å²) in [5.74, 6) is 0.667. The molecule has 0 radical (unpaired) electrons. The van der Waals surface area contributed by atoms with Crippen LogP contribution in [0, 0.1) is 5.92 Å². The van der Waals surface area contributed by atoms with E-state index in [1.54, 1.807) is 0 Å². The predicted molar refractivity (Wildman–Crippen MR) is 55.5 cm³/mol. The summed E-state index contributed by atoms with van der Waals surface area (Å²) in [6.07, 6.45) is 1.93. The molecule has 2 nitrogen and oxygen atoms in total. The van der Waals surface area contributed by atoms with Crippen molar-refractivity contribution in [3.8, 4) is 0 Å². The molecule has 0 aliphatic rings. The van der Waals surface area contributed by atoms with Crippen LogP contribution in [-0.2, 0) is 12.8 Å². The summed E-state index contributed by atoms with van der Waals surface area (Å²) in [5, 5.41) is 0. The molecule has 1 aromatic heterocycles. The van der Waals surface area contributed by atoms with E-state index < -0.39 is 0 Å². The minimum absolute atomic E-state index is 0.667. The SMILES string of the molecule is CC(C)Cc1cccc(CCN)n1. The number of pyridine rings is 1. The van der Waals surface area contributed by atoms with Crippen molar-refractivity contribution >= 4 is 0 Å². The van der Waals surface area contributed by atoms with E-state index in [0.717, 1.165) is 18.5 Å². The van der Waals surface area contributed by atoms with Crippen LogP contribution in [0.3, 0.4) is 0 Å². The normalized spacial score (nSPS) is 10.8. The molecule has 0 aliphatic carbocycles. The van der Waals surface area contributed by atoms with Gasteiger partial charge in [-0.15, -0.1) is 0 Å². The first-order valence-corrected chi connectivity index (χ1v) is 4.87. The minimum atomic E-state index is 0.667. The van der Waals surface area contributed by atoms with E-state index in [9.17, 15) is 0 Å². The van der Waals surface area contributed by atoms with Crippen LogP contribution in [0.4, 0.5) is 0 Å². The zero-order valence-electron chi connectivity index (χ0n) is 8.46. The van der Waals surface area contributed by atoms with Gasteiger partial charge in [0.25, 0.3) is 0 Å². The number of hydrogen-bond acceptors (Lipinski definition) is 2. The zero-order chi connectivity index (χ0) is 9.68. The Morgan fingerprint density at radius 1 is 1.31 bits per heavy atom. The van der Waals surface area contributed by atoms with Gasteiger partial charge in [0.15, 0.2) is 0 Å². The lowest BCUT2D eigenvalue weighted by Gasteiger charge is -2.05. The molecule has 0 bridgehead atoms. The molecule has 0 saturated carbocycles. The lowest BCUT2D eigenvalue weighted by atomic mass is 10.1. The molecule has 0 atom stereocenters. The molecule has 0 aliphatic heterocycles. The molecule has 2 N–H and O–H groups in total. The highest BCUT2D eigenvalue weighted by Gasteiger charge is 1.99. The van der Waals surface area contributed by atoms with Crippen molar-refractivity contribution in [2.24, 2.45) is 11.7 Å². The summed E-state index contributed by atoms with van der Waals surface area (Å²) in [7, 11) is 0. The summed E-state index contributed by atoms with van der Waals surface area (Å²) in [6.45, 7) is 5.09. The lowest BCUT2D eigenvalue weighted by Crippen LogP contribution is -2.06. The minimum Gasteiger partial charge on any atom is -0.330 e. The summed E-state index contributed by atoms with van der Waals surface area (Å²) < 4.78 is 0. The van der Waals surface area contributed by atoms with Crippen LogP contribution in [0.2, 0.25) is 0 Å². The average molecular weight is 178 g/mol. The van der Waals surface area contributed by atoms with Crippen LogP contribution < -0.4 is 5.73 Å². The van der Waals surface area contributed by atoms with Gasteiger partial charge >= 0.3 is 0 Å². The van der Waals surface area contributed by atoms with E-state index in [1.165, 1.54) is 5.69 Å². The Morgan fingerprint density at radius 3 is 2.62 bits per heavy atom. The Balaban J connectivity index is 2.67. The topological polar surface area (TPSA) is 38.9 Å². The molecule has 13 heavy (non-hydrogen) atoms. The first-order valence-electron chi connectivity index (χ1n) is 4.87. The smallest absolute Gasteiger partial charge is 0.0419 e. The standard InChI is InChI=1S/C11H18N2/c1-9(2)8-11-5-3-4-10(13-11)6-7-12/h3-5,9H,6-8,12H2,1-2H3. The van der Waals surface area contributed by atoms with Crippen molar-refractivity contribution in [2.45, 2.75) is 26.7 Å². The highest BCUT2D eigenvalue weighted by molar-refractivity contribution is 5.11. The molecule has 0 saturated heterocycles. The summed E-state index contributed by atoms with van der Waals surface area (Å²) in [6, 6.07) is 6.19. The number of aromatic nitrogens is 1. The second kappa shape index (κ2) is 4.97. The first kappa shape index (κ1) is 10.2. The van der Waals surface area contributed by atoms with E-state index in [0.29, 0.717) is 12.5 Å². The fraction of sp³-hybridized carbons (Fsp3) is 0.545. The van der Waals surface area contributed by atoms with Crippen LogP contribution in [0.15, 0.2) is 18.2 Å². The van der Waals surface area contributed by atoms with Crippen molar-refractivity contribution in [3.63, 3.8) is 0 Å². The summed E-state index contributed by atoms with van der Waals surface area (Å²) in [4.78, 5) is 4.52. The highest BCUT2D eigenvalue weighted by Crippen LogP contribution is 2.06. The van der Waals surface area contributed by atoms with Gasteiger partial charge in [-0.2, -0.15) is 0 Å². The second-order valence-electron chi connectivity index (χ2n) is 3.76. The molecule has 2 heteroatoms. The van der Waals surface area contributed by atoms with E-state index in [4.69, 9.17) is 5.73 Å². The maximum Gasteiger partial charge on any atom is 0.0419 e. The Bertz CT molecular complexity index is 256. The van der Waals surface area contributed by atoms with Crippen LogP contribution >= 0.6 is 0 Å². The van der Waals surface area contributed by atoms with Crippen molar-refractivity contribution in [2.75, 3.05) is 6.54 Å². The van der Waals surface area contributed by atoms with Gasteiger partial charge < -0.3 is 5.73 Å². The first-order chi connectivity index (χ1) is 6.22. The Hall–Kier alpha value is -0.890. The Kier molecular flexibility index (Phi) is 3.90. The molecular formula is C11H18N2. The molecule has 0 amide bonds. The van der Waals surface area contributed by atoms with E-state index in [-0.39, 0.29) is 0 Å². The van der Waals surface area contributed by atoms with Gasteiger partial charge in [-0.05, 0) is 31.0 Å². The lowest BCUT2D eigenvalue weighted by molar-refractivity contribution is 0.632. The summed E-state index contributed by atoms with van der Waals surface area (Å²) >= 11 is 0. The average Bonchev–Trinajstić information content (AvgIpc) is 2.04. The molecule has 1 aromatic rings. The molecule has 0 spiro atoms. The van der Waals surface area contributed by atoms with Crippen LogP contribution in [0.1, 0.15) is 25.2 Å². The van der Waals surface area contributed by atoms with Gasteiger partial charge in [-0.25, -0.2) is 0 Å². The van der Waals surface area contributed by atoms with Gasteiger partial charge in [0.1, 0.15) is 0 Å². The second-order valence-corrected chi connectivity index (χ2v) is 3.76. The van der Waals surface area contributed by atoms with Gasteiger partial charge in [0.05, 0.1) is 0 Å². The Morgan fingerprint density at radius 2 is 2.00 bits per heavy atom. The molecule has 0 aromatic carbocycles. The number of rotatable bonds is 4. The van der Waals surface area contributed by atoms with Gasteiger partial charge in [0, 0.05) is 17.8 Å². The van der Waals surface area contributed by atoms with Gasteiger partial charge in [0.2, 0.25) is 0 Å². The molecular weight excluding hydrogens is 160 g/mol. The third kappa shape index (κ3) is 3.55. The molecule has 1 heterocycles. The van der Waals surface area contributed by atoms with Gasteiger partial charge in [-0.3, -0.25) is 4.98 Å².